The average Bonchev–Trinajstić information content (AvgIpc) is 3.55. The largest absolute Gasteiger partial charge is 0.433 e. The SMILES string of the molecule is CC(F)(F)Oc1cccc(CNC(=O)c2cn(CCCCn3cc(NC(=O)Cc4ccccn4)nn3)nn2)c1. The van der Waals surface area contributed by atoms with E-state index in [-0.39, 0.29) is 30.3 Å². The summed E-state index contributed by atoms with van der Waals surface area (Å²) >= 11 is 0. The van der Waals surface area contributed by atoms with Crippen molar-refractivity contribution in [2.75, 3.05) is 5.32 Å². The zero-order chi connectivity index (χ0) is 27.7. The van der Waals surface area contributed by atoms with Crippen molar-refractivity contribution in [3.8, 4) is 5.75 Å². The number of halogens is 2. The predicted octanol–water partition coefficient (Wildman–Crippen LogP) is 2.85. The number of nitrogens with zero attached hydrogens (tertiary/aromatic N) is 7. The number of carbonyl (C=O) groups excluding carboxylic acids is 2. The lowest BCUT2D eigenvalue weighted by Gasteiger charge is -2.13. The lowest BCUT2D eigenvalue weighted by atomic mass is 10.2. The topological polar surface area (TPSA) is 142 Å². The van der Waals surface area contributed by atoms with Gasteiger partial charge in [0.1, 0.15) is 5.75 Å². The molecule has 12 nitrogen and oxygen atoms in total. The van der Waals surface area contributed by atoms with E-state index in [0.29, 0.717) is 37.1 Å². The van der Waals surface area contributed by atoms with Crippen LogP contribution in [0.15, 0.2) is 61.1 Å². The molecule has 0 bridgehead atoms. The fourth-order valence-corrected chi connectivity index (χ4v) is 3.58. The average molecular weight is 540 g/mol. The van der Waals surface area contributed by atoms with Crippen LogP contribution in [-0.2, 0) is 30.8 Å². The van der Waals surface area contributed by atoms with Crippen molar-refractivity contribution in [1.82, 2.24) is 40.3 Å². The molecule has 1 aromatic carbocycles. The van der Waals surface area contributed by atoms with Crippen molar-refractivity contribution in [2.45, 2.75) is 51.9 Å². The molecule has 14 heteroatoms. The minimum atomic E-state index is -3.29. The van der Waals surface area contributed by atoms with Gasteiger partial charge in [-0.05, 0) is 42.7 Å². The van der Waals surface area contributed by atoms with E-state index in [1.165, 1.54) is 18.3 Å². The Morgan fingerprint density at radius 3 is 2.51 bits per heavy atom. The number of hydrogen-bond acceptors (Lipinski definition) is 8. The second-order valence-corrected chi connectivity index (χ2v) is 8.73. The van der Waals surface area contributed by atoms with Gasteiger partial charge in [-0.2, -0.15) is 8.78 Å². The number of carbonyl (C=O) groups is 2. The second kappa shape index (κ2) is 12.7. The summed E-state index contributed by atoms with van der Waals surface area (Å²) in [4.78, 5) is 28.7. The van der Waals surface area contributed by atoms with Crippen molar-refractivity contribution in [3.63, 3.8) is 0 Å². The Bertz CT molecular complexity index is 1390. The third-order valence-electron chi connectivity index (χ3n) is 5.32. The van der Waals surface area contributed by atoms with Crippen molar-refractivity contribution < 1.29 is 23.1 Å². The van der Waals surface area contributed by atoms with Gasteiger partial charge >= 0.3 is 6.11 Å². The number of unbranched alkanes of at least 4 members (excludes halogenated alkanes) is 1. The molecule has 0 unspecified atom stereocenters. The molecule has 204 valence electrons. The molecular formula is C25H27F2N9O3. The van der Waals surface area contributed by atoms with E-state index in [1.807, 2.05) is 6.07 Å². The summed E-state index contributed by atoms with van der Waals surface area (Å²) < 4.78 is 33.8. The van der Waals surface area contributed by atoms with E-state index in [2.05, 4.69) is 41.0 Å². The summed E-state index contributed by atoms with van der Waals surface area (Å²) in [5, 5.41) is 21.2. The third kappa shape index (κ3) is 8.94. The number of aryl methyl sites for hydroxylation is 2. The number of anilines is 1. The van der Waals surface area contributed by atoms with Crippen LogP contribution in [0.2, 0.25) is 0 Å². The van der Waals surface area contributed by atoms with Crippen LogP contribution in [0.4, 0.5) is 14.6 Å². The van der Waals surface area contributed by atoms with Gasteiger partial charge in [-0.15, -0.1) is 10.2 Å². The first-order chi connectivity index (χ1) is 18.7. The number of ether oxygens (including phenoxy) is 1. The van der Waals surface area contributed by atoms with Crippen LogP contribution in [0.3, 0.4) is 0 Å². The van der Waals surface area contributed by atoms with Gasteiger partial charge in [-0.1, -0.05) is 28.6 Å². The van der Waals surface area contributed by atoms with Gasteiger partial charge in [0, 0.05) is 38.4 Å². The maximum Gasteiger partial charge on any atom is 0.394 e. The first kappa shape index (κ1) is 27.3. The van der Waals surface area contributed by atoms with Crippen LogP contribution < -0.4 is 15.4 Å². The lowest BCUT2D eigenvalue weighted by molar-refractivity contribution is -0.159. The summed E-state index contributed by atoms with van der Waals surface area (Å²) in [7, 11) is 0. The van der Waals surface area contributed by atoms with Crippen LogP contribution in [0, 0.1) is 0 Å². The number of rotatable bonds is 13. The lowest BCUT2D eigenvalue weighted by Crippen LogP contribution is -2.23. The third-order valence-corrected chi connectivity index (χ3v) is 5.32. The number of benzene rings is 1. The first-order valence-electron chi connectivity index (χ1n) is 12.2. The van der Waals surface area contributed by atoms with Gasteiger partial charge in [0.15, 0.2) is 11.5 Å². The van der Waals surface area contributed by atoms with E-state index in [4.69, 9.17) is 0 Å². The van der Waals surface area contributed by atoms with Gasteiger partial charge < -0.3 is 15.4 Å². The molecule has 2 N–H and O–H groups in total. The minimum Gasteiger partial charge on any atom is -0.433 e. The molecule has 4 aromatic rings. The molecule has 0 saturated heterocycles. The summed E-state index contributed by atoms with van der Waals surface area (Å²) in [6, 6.07) is 11.5. The first-order valence-corrected chi connectivity index (χ1v) is 12.2. The molecule has 0 spiro atoms. The Hall–Kier alpha value is -4.75. The fraction of sp³-hybridized carbons (Fsp3) is 0.320. The smallest absolute Gasteiger partial charge is 0.394 e. The van der Waals surface area contributed by atoms with Crippen molar-refractivity contribution >= 4 is 17.6 Å². The molecule has 0 aliphatic rings. The number of hydrogen-bond donors (Lipinski definition) is 2. The summed E-state index contributed by atoms with van der Waals surface area (Å²) in [5.74, 6) is -0.290. The standard InChI is InChI=1S/C25H27F2N9O3/c1-25(26,27)39-20-9-6-7-18(13-20)15-29-24(38)21-16-35(33-31-21)11-4-5-12-36-17-22(32-34-36)30-23(37)14-19-8-2-3-10-28-19/h2-3,6-10,13,16-17H,4-5,11-12,14-15H2,1H3,(H,29,38)(H,30,37). The molecule has 0 saturated carbocycles. The van der Waals surface area contributed by atoms with Crippen LogP contribution in [0.25, 0.3) is 0 Å². The summed E-state index contributed by atoms with van der Waals surface area (Å²) in [6.07, 6.45) is 3.17. The van der Waals surface area contributed by atoms with Crippen molar-refractivity contribution in [2.24, 2.45) is 0 Å². The number of nitrogens with one attached hydrogen (secondary N) is 2. The second-order valence-electron chi connectivity index (χ2n) is 8.73. The van der Waals surface area contributed by atoms with Gasteiger partial charge in [0.2, 0.25) is 5.91 Å². The molecule has 0 radical (unpaired) electrons. The van der Waals surface area contributed by atoms with E-state index >= 15 is 0 Å². The molecule has 3 heterocycles. The van der Waals surface area contributed by atoms with Gasteiger partial charge in [0.05, 0.1) is 18.8 Å². The maximum absolute atomic E-state index is 13.0. The zero-order valence-corrected chi connectivity index (χ0v) is 21.1. The molecular weight excluding hydrogens is 512 g/mol. The maximum atomic E-state index is 13.0. The van der Waals surface area contributed by atoms with Gasteiger partial charge in [-0.3, -0.25) is 23.9 Å². The Labute approximate surface area is 222 Å². The van der Waals surface area contributed by atoms with Gasteiger partial charge in [0.25, 0.3) is 5.91 Å². The van der Waals surface area contributed by atoms with Crippen LogP contribution in [0.1, 0.15) is 41.5 Å². The van der Waals surface area contributed by atoms with Gasteiger partial charge in [-0.25, -0.2) is 0 Å². The highest BCUT2D eigenvalue weighted by Gasteiger charge is 2.23. The van der Waals surface area contributed by atoms with E-state index in [1.54, 1.807) is 46.0 Å². The van der Waals surface area contributed by atoms with Crippen LogP contribution in [0.5, 0.6) is 5.75 Å². The molecule has 3 aromatic heterocycles. The Morgan fingerprint density at radius 1 is 1.00 bits per heavy atom. The van der Waals surface area contributed by atoms with Crippen molar-refractivity contribution in [3.05, 3.63) is 78.0 Å². The number of aromatic nitrogens is 7. The highest BCUT2D eigenvalue weighted by atomic mass is 19.3. The Balaban J connectivity index is 1.16. The van der Waals surface area contributed by atoms with E-state index in [9.17, 15) is 18.4 Å². The molecule has 0 aliphatic carbocycles. The van der Waals surface area contributed by atoms with E-state index < -0.39 is 12.0 Å². The highest BCUT2D eigenvalue weighted by molar-refractivity contribution is 5.92. The fourth-order valence-electron chi connectivity index (χ4n) is 3.58. The molecule has 39 heavy (non-hydrogen) atoms. The number of alkyl halides is 2. The molecule has 0 atom stereocenters. The summed E-state index contributed by atoms with van der Waals surface area (Å²) in [5.41, 5.74) is 1.41. The highest BCUT2D eigenvalue weighted by Crippen LogP contribution is 2.21. The molecule has 0 fully saturated rings. The van der Waals surface area contributed by atoms with Crippen LogP contribution >= 0.6 is 0 Å². The normalized spacial score (nSPS) is 11.3. The van der Waals surface area contributed by atoms with Crippen LogP contribution in [-0.4, -0.2) is 52.9 Å². The number of amides is 2. The zero-order valence-electron chi connectivity index (χ0n) is 21.1. The van der Waals surface area contributed by atoms with Crippen molar-refractivity contribution in [1.29, 1.82) is 0 Å². The predicted molar refractivity (Wildman–Crippen MR) is 135 cm³/mol. The van der Waals surface area contributed by atoms with E-state index in [0.717, 1.165) is 12.8 Å². The monoisotopic (exact) mass is 539 g/mol. The minimum absolute atomic E-state index is 0.00710. The Morgan fingerprint density at radius 2 is 1.77 bits per heavy atom. The quantitative estimate of drug-likeness (QED) is 0.247. The molecule has 2 amide bonds. The molecule has 0 aliphatic heterocycles. The Kier molecular flexibility index (Phi) is 8.86. The molecule has 4 rings (SSSR count). The summed E-state index contributed by atoms with van der Waals surface area (Å²) in [6.45, 7) is 1.89. The number of pyridine rings is 1.